The minimum Gasteiger partial charge on any atom is -0.376 e. The molecule has 0 radical (unpaired) electrons. The van der Waals surface area contributed by atoms with Crippen LogP contribution < -0.4 is 5.32 Å². The molecule has 0 aromatic heterocycles. The quantitative estimate of drug-likeness (QED) is 0.837. The molecule has 2 atom stereocenters. The molecule has 1 aromatic carbocycles. The molecule has 1 N–H and O–H groups in total. The molecule has 0 aliphatic heterocycles. The number of hydrogen-bond donors (Lipinski definition) is 1. The minimum absolute atomic E-state index is 0.303. The van der Waals surface area contributed by atoms with Gasteiger partial charge >= 0.3 is 0 Å². The Morgan fingerprint density at radius 1 is 1.16 bits per heavy atom. The van der Waals surface area contributed by atoms with Crippen LogP contribution in [-0.4, -0.2) is 19.8 Å². The third kappa shape index (κ3) is 3.80. The molecule has 2 heteroatoms. The predicted octanol–water partition coefficient (Wildman–Crippen LogP) is 3.93. The van der Waals surface area contributed by atoms with Crippen molar-refractivity contribution in [2.24, 2.45) is 5.92 Å². The zero-order chi connectivity index (χ0) is 13.5. The third-order valence-corrected chi connectivity index (χ3v) is 4.27. The number of ether oxygens (including phenoxy) is 1. The fraction of sp³-hybridized carbons (Fsp3) is 0.647. The summed E-state index contributed by atoms with van der Waals surface area (Å²) in [5.74, 6) is 0.700. The van der Waals surface area contributed by atoms with E-state index >= 15 is 0 Å². The van der Waals surface area contributed by atoms with E-state index in [2.05, 4.69) is 42.6 Å². The number of rotatable bonds is 6. The molecular weight excluding hydrogens is 234 g/mol. The number of benzene rings is 1. The third-order valence-electron chi connectivity index (χ3n) is 4.27. The van der Waals surface area contributed by atoms with Crippen molar-refractivity contribution in [1.29, 1.82) is 0 Å². The lowest BCUT2D eigenvalue weighted by Crippen LogP contribution is -2.38. The topological polar surface area (TPSA) is 21.3 Å². The second kappa shape index (κ2) is 7.66. The van der Waals surface area contributed by atoms with E-state index in [0.29, 0.717) is 18.1 Å². The zero-order valence-corrected chi connectivity index (χ0v) is 12.3. The first-order valence-electron chi connectivity index (χ1n) is 7.70. The average Bonchev–Trinajstić information content (AvgIpc) is 2.49. The van der Waals surface area contributed by atoms with Crippen molar-refractivity contribution in [3.05, 3.63) is 35.9 Å². The highest BCUT2D eigenvalue weighted by Crippen LogP contribution is 2.34. The fourth-order valence-electron chi connectivity index (χ4n) is 3.34. The number of likely N-dealkylation sites (N-methyl/N-ethyl adjacent to an activating group) is 1. The minimum atomic E-state index is 0.303. The van der Waals surface area contributed by atoms with Gasteiger partial charge < -0.3 is 10.1 Å². The van der Waals surface area contributed by atoms with Gasteiger partial charge in [-0.25, -0.2) is 0 Å². The number of hydrogen-bond acceptors (Lipinski definition) is 2. The van der Waals surface area contributed by atoms with E-state index in [9.17, 15) is 0 Å². The first-order chi connectivity index (χ1) is 9.36. The van der Waals surface area contributed by atoms with Crippen LogP contribution in [0.2, 0.25) is 0 Å². The maximum Gasteiger partial charge on any atom is 0.0797 e. The molecule has 0 heterocycles. The molecule has 106 valence electrons. The lowest BCUT2D eigenvalue weighted by Gasteiger charge is -2.35. The van der Waals surface area contributed by atoms with E-state index in [1.165, 1.54) is 37.7 Å². The maximum absolute atomic E-state index is 6.13. The smallest absolute Gasteiger partial charge is 0.0797 e. The summed E-state index contributed by atoms with van der Waals surface area (Å²) in [7, 11) is 2.05. The summed E-state index contributed by atoms with van der Waals surface area (Å²) in [6.07, 6.45) is 7.05. The predicted molar refractivity (Wildman–Crippen MR) is 80.2 cm³/mol. The Balaban J connectivity index is 2.15. The van der Waals surface area contributed by atoms with E-state index in [1.54, 1.807) is 0 Å². The summed E-state index contributed by atoms with van der Waals surface area (Å²) in [6, 6.07) is 11.0. The molecule has 1 aliphatic carbocycles. The van der Waals surface area contributed by atoms with E-state index in [4.69, 9.17) is 4.74 Å². The summed E-state index contributed by atoms with van der Waals surface area (Å²) in [5.41, 5.74) is 1.34. The van der Waals surface area contributed by atoms with Crippen LogP contribution in [-0.2, 0) is 4.74 Å². The highest BCUT2D eigenvalue weighted by atomic mass is 16.5. The highest BCUT2D eigenvalue weighted by Gasteiger charge is 2.31. The lowest BCUT2D eigenvalue weighted by molar-refractivity contribution is -0.0167. The van der Waals surface area contributed by atoms with Crippen LogP contribution in [0.25, 0.3) is 0 Å². The van der Waals surface area contributed by atoms with Gasteiger partial charge in [-0.15, -0.1) is 0 Å². The Hall–Kier alpha value is -0.860. The van der Waals surface area contributed by atoms with Crippen LogP contribution in [0.5, 0.6) is 0 Å². The van der Waals surface area contributed by atoms with Crippen molar-refractivity contribution < 1.29 is 4.74 Å². The van der Waals surface area contributed by atoms with Crippen molar-refractivity contribution in [3.63, 3.8) is 0 Å². The van der Waals surface area contributed by atoms with E-state index in [0.717, 1.165) is 6.61 Å². The van der Waals surface area contributed by atoms with Crippen LogP contribution in [0.15, 0.2) is 30.3 Å². The van der Waals surface area contributed by atoms with E-state index in [1.807, 2.05) is 7.05 Å². The highest BCUT2D eigenvalue weighted by molar-refractivity contribution is 5.20. The number of nitrogens with one attached hydrogen (secondary N) is 1. The summed E-state index contributed by atoms with van der Waals surface area (Å²) >= 11 is 0. The van der Waals surface area contributed by atoms with Crippen LogP contribution in [0.1, 0.15) is 50.6 Å². The van der Waals surface area contributed by atoms with Gasteiger partial charge in [0, 0.05) is 6.61 Å². The largest absolute Gasteiger partial charge is 0.376 e. The molecular formula is C17H27NO. The zero-order valence-electron chi connectivity index (χ0n) is 12.3. The molecule has 0 amide bonds. The first-order valence-corrected chi connectivity index (χ1v) is 7.70. The lowest BCUT2D eigenvalue weighted by atomic mass is 9.81. The molecule has 1 fully saturated rings. The second-order valence-corrected chi connectivity index (χ2v) is 5.50. The Labute approximate surface area is 117 Å². The average molecular weight is 261 g/mol. The molecule has 1 aromatic rings. The van der Waals surface area contributed by atoms with Crippen LogP contribution in [0, 0.1) is 5.92 Å². The molecule has 19 heavy (non-hydrogen) atoms. The van der Waals surface area contributed by atoms with Crippen molar-refractivity contribution >= 4 is 0 Å². The van der Waals surface area contributed by atoms with Crippen molar-refractivity contribution in [2.75, 3.05) is 13.7 Å². The fourth-order valence-corrected chi connectivity index (χ4v) is 3.34. The van der Waals surface area contributed by atoms with Gasteiger partial charge in [0.25, 0.3) is 0 Å². The van der Waals surface area contributed by atoms with Gasteiger partial charge in [-0.05, 0) is 38.3 Å². The Kier molecular flexibility index (Phi) is 5.87. The molecule has 2 unspecified atom stereocenters. The van der Waals surface area contributed by atoms with Crippen molar-refractivity contribution in [1.82, 2.24) is 5.32 Å². The summed E-state index contributed by atoms with van der Waals surface area (Å²) in [4.78, 5) is 0. The Morgan fingerprint density at radius 2 is 1.84 bits per heavy atom. The molecule has 0 saturated heterocycles. The SMILES string of the molecule is CCOC(C1CCCCC1)C(NC)c1ccccc1. The summed E-state index contributed by atoms with van der Waals surface area (Å²) in [5, 5.41) is 3.48. The van der Waals surface area contributed by atoms with Gasteiger partial charge in [0.15, 0.2) is 0 Å². The second-order valence-electron chi connectivity index (χ2n) is 5.50. The first kappa shape index (κ1) is 14.5. The van der Waals surface area contributed by atoms with Gasteiger partial charge in [0.05, 0.1) is 12.1 Å². The molecule has 2 rings (SSSR count). The van der Waals surface area contributed by atoms with Crippen molar-refractivity contribution in [2.45, 2.75) is 51.2 Å². The normalized spacial score (nSPS) is 20.1. The van der Waals surface area contributed by atoms with Gasteiger partial charge in [-0.1, -0.05) is 49.6 Å². The van der Waals surface area contributed by atoms with Gasteiger partial charge in [0.1, 0.15) is 0 Å². The maximum atomic E-state index is 6.13. The Morgan fingerprint density at radius 3 is 2.42 bits per heavy atom. The van der Waals surface area contributed by atoms with Gasteiger partial charge in [-0.2, -0.15) is 0 Å². The summed E-state index contributed by atoms with van der Waals surface area (Å²) < 4.78 is 6.13. The van der Waals surface area contributed by atoms with E-state index < -0.39 is 0 Å². The summed E-state index contributed by atoms with van der Waals surface area (Å²) in [6.45, 7) is 2.90. The van der Waals surface area contributed by atoms with Crippen LogP contribution >= 0.6 is 0 Å². The molecule has 1 aliphatic rings. The standard InChI is InChI=1S/C17H27NO/c1-3-19-17(15-12-8-5-9-13-15)16(18-2)14-10-6-4-7-11-14/h4,6-7,10-11,15-18H,3,5,8-9,12-13H2,1-2H3. The van der Waals surface area contributed by atoms with Crippen molar-refractivity contribution in [3.8, 4) is 0 Å². The molecule has 1 saturated carbocycles. The van der Waals surface area contributed by atoms with Gasteiger partial charge in [0.2, 0.25) is 0 Å². The van der Waals surface area contributed by atoms with Crippen LogP contribution in [0.3, 0.4) is 0 Å². The molecule has 0 bridgehead atoms. The van der Waals surface area contributed by atoms with E-state index in [-0.39, 0.29) is 0 Å². The van der Waals surface area contributed by atoms with Gasteiger partial charge in [-0.3, -0.25) is 0 Å². The molecule has 2 nitrogen and oxygen atoms in total. The monoisotopic (exact) mass is 261 g/mol. The molecule has 0 spiro atoms. The Bertz CT molecular complexity index is 346. The van der Waals surface area contributed by atoms with Crippen LogP contribution in [0.4, 0.5) is 0 Å².